The molecule has 4 nitrogen and oxygen atoms in total. The topological polar surface area (TPSA) is 51.4 Å². The first kappa shape index (κ1) is 12.0. The van der Waals surface area contributed by atoms with Crippen LogP contribution in [0.2, 0.25) is 0 Å². The lowest BCUT2D eigenvalue weighted by Gasteiger charge is -2.32. The van der Waals surface area contributed by atoms with E-state index >= 15 is 0 Å². The molecule has 0 saturated carbocycles. The van der Waals surface area contributed by atoms with Crippen LogP contribution < -0.4 is 5.73 Å². The Morgan fingerprint density at radius 3 is 3.25 bits per heavy atom. The van der Waals surface area contributed by atoms with Gasteiger partial charge in [0, 0.05) is 31.1 Å². The van der Waals surface area contributed by atoms with E-state index in [1.54, 1.807) is 11.3 Å². The molecule has 1 atom stereocenters. The van der Waals surface area contributed by atoms with Gasteiger partial charge in [0.15, 0.2) is 0 Å². The molecular weight excluding hydrogens is 222 g/mol. The fraction of sp³-hybridized carbons (Fsp3) is 0.727. The van der Waals surface area contributed by atoms with Gasteiger partial charge in [0.25, 0.3) is 0 Å². The van der Waals surface area contributed by atoms with E-state index in [9.17, 15) is 0 Å². The number of nitrogens with two attached hydrogens (primary N) is 1. The molecule has 5 heteroatoms. The number of hydrogen-bond donors (Lipinski definition) is 1. The first-order valence-corrected chi connectivity index (χ1v) is 6.60. The molecule has 0 aromatic carbocycles. The van der Waals surface area contributed by atoms with E-state index in [-0.39, 0.29) is 6.10 Å². The minimum atomic E-state index is 0.219. The summed E-state index contributed by atoms with van der Waals surface area (Å²) in [7, 11) is 0. The standard InChI is InChI=1S/C11H19N3OS/c1-9-11(16-8-13-9)2-3-14-4-5-15-10(6-12)7-14/h8,10H,2-7,12H2,1H3. The van der Waals surface area contributed by atoms with Crippen LogP contribution in [0, 0.1) is 6.92 Å². The highest BCUT2D eigenvalue weighted by Gasteiger charge is 2.18. The Morgan fingerprint density at radius 2 is 2.56 bits per heavy atom. The van der Waals surface area contributed by atoms with E-state index in [0.717, 1.165) is 32.7 Å². The zero-order chi connectivity index (χ0) is 11.4. The van der Waals surface area contributed by atoms with Crippen LogP contribution in [-0.2, 0) is 11.2 Å². The summed E-state index contributed by atoms with van der Waals surface area (Å²) in [5.41, 5.74) is 8.72. The SMILES string of the molecule is Cc1ncsc1CCN1CCOC(CN)C1. The highest BCUT2D eigenvalue weighted by Crippen LogP contribution is 2.14. The Bertz CT molecular complexity index is 329. The molecule has 0 spiro atoms. The number of ether oxygens (including phenoxy) is 1. The Labute approximate surface area is 100 Å². The van der Waals surface area contributed by atoms with Gasteiger partial charge >= 0.3 is 0 Å². The highest BCUT2D eigenvalue weighted by molar-refractivity contribution is 7.09. The van der Waals surface area contributed by atoms with E-state index in [0.29, 0.717) is 6.54 Å². The highest BCUT2D eigenvalue weighted by atomic mass is 32.1. The van der Waals surface area contributed by atoms with Crippen LogP contribution in [0.4, 0.5) is 0 Å². The predicted octanol–water partition coefficient (Wildman–Crippen LogP) is 0.654. The molecule has 90 valence electrons. The molecule has 1 aliphatic rings. The normalized spacial score (nSPS) is 22.5. The van der Waals surface area contributed by atoms with Crippen LogP contribution in [0.1, 0.15) is 10.6 Å². The molecule has 0 radical (unpaired) electrons. The third-order valence-electron chi connectivity index (χ3n) is 2.99. The van der Waals surface area contributed by atoms with Gasteiger partial charge in [-0.15, -0.1) is 11.3 Å². The molecule has 1 aliphatic heterocycles. The molecule has 1 aromatic rings. The maximum absolute atomic E-state index is 5.62. The molecule has 1 fully saturated rings. The van der Waals surface area contributed by atoms with Gasteiger partial charge in [0.05, 0.1) is 23.9 Å². The summed E-state index contributed by atoms with van der Waals surface area (Å²) in [6.45, 7) is 6.58. The van der Waals surface area contributed by atoms with E-state index in [1.165, 1.54) is 10.6 Å². The summed E-state index contributed by atoms with van der Waals surface area (Å²) in [6, 6.07) is 0. The van der Waals surface area contributed by atoms with Crippen LogP contribution >= 0.6 is 11.3 Å². The molecule has 0 aliphatic carbocycles. The van der Waals surface area contributed by atoms with Gasteiger partial charge in [-0.25, -0.2) is 4.98 Å². The summed E-state index contributed by atoms with van der Waals surface area (Å²) in [5.74, 6) is 0. The van der Waals surface area contributed by atoms with Gasteiger partial charge in [0.2, 0.25) is 0 Å². The van der Waals surface area contributed by atoms with Crippen molar-refractivity contribution in [1.29, 1.82) is 0 Å². The van der Waals surface area contributed by atoms with Crippen molar-refractivity contribution in [2.45, 2.75) is 19.4 Å². The van der Waals surface area contributed by atoms with Gasteiger partial charge in [-0.3, -0.25) is 4.90 Å². The largest absolute Gasteiger partial charge is 0.374 e. The molecule has 0 bridgehead atoms. The Kier molecular flexibility index (Phi) is 4.29. The maximum Gasteiger partial charge on any atom is 0.0824 e. The van der Waals surface area contributed by atoms with Crippen molar-refractivity contribution in [3.8, 4) is 0 Å². The van der Waals surface area contributed by atoms with Crippen LogP contribution in [0.15, 0.2) is 5.51 Å². The number of morpholine rings is 1. The maximum atomic E-state index is 5.62. The number of aromatic nitrogens is 1. The van der Waals surface area contributed by atoms with Crippen molar-refractivity contribution in [2.24, 2.45) is 5.73 Å². The van der Waals surface area contributed by atoms with Crippen molar-refractivity contribution in [1.82, 2.24) is 9.88 Å². The number of thiazole rings is 1. The van der Waals surface area contributed by atoms with E-state index in [2.05, 4.69) is 16.8 Å². The number of hydrogen-bond acceptors (Lipinski definition) is 5. The van der Waals surface area contributed by atoms with Gasteiger partial charge in [-0.2, -0.15) is 0 Å². The van der Waals surface area contributed by atoms with Gasteiger partial charge in [0.1, 0.15) is 0 Å². The lowest BCUT2D eigenvalue weighted by atomic mass is 10.2. The lowest BCUT2D eigenvalue weighted by molar-refractivity contribution is -0.0226. The molecule has 2 rings (SSSR count). The van der Waals surface area contributed by atoms with Crippen LogP contribution in [0.3, 0.4) is 0 Å². The predicted molar refractivity (Wildman–Crippen MR) is 65.8 cm³/mol. The van der Waals surface area contributed by atoms with E-state index in [4.69, 9.17) is 10.5 Å². The third kappa shape index (κ3) is 3.01. The summed E-state index contributed by atoms with van der Waals surface area (Å²) in [6.07, 6.45) is 1.31. The number of nitrogens with zero attached hydrogens (tertiary/aromatic N) is 2. The second kappa shape index (κ2) is 5.72. The van der Waals surface area contributed by atoms with Crippen molar-refractivity contribution < 1.29 is 4.74 Å². The smallest absolute Gasteiger partial charge is 0.0824 e. The first-order chi connectivity index (χ1) is 7.79. The van der Waals surface area contributed by atoms with Crippen molar-refractivity contribution >= 4 is 11.3 Å². The quantitative estimate of drug-likeness (QED) is 0.841. The van der Waals surface area contributed by atoms with Crippen LogP contribution in [0.5, 0.6) is 0 Å². The van der Waals surface area contributed by atoms with Crippen LogP contribution in [0.25, 0.3) is 0 Å². The Morgan fingerprint density at radius 1 is 1.69 bits per heavy atom. The van der Waals surface area contributed by atoms with Gasteiger partial charge < -0.3 is 10.5 Å². The van der Waals surface area contributed by atoms with Crippen molar-refractivity contribution in [2.75, 3.05) is 32.8 Å². The molecule has 1 saturated heterocycles. The Balaban J connectivity index is 1.79. The van der Waals surface area contributed by atoms with Crippen molar-refractivity contribution in [3.05, 3.63) is 16.1 Å². The van der Waals surface area contributed by atoms with Gasteiger partial charge in [-0.1, -0.05) is 0 Å². The first-order valence-electron chi connectivity index (χ1n) is 5.72. The summed E-state index contributed by atoms with van der Waals surface area (Å²) < 4.78 is 5.54. The zero-order valence-corrected chi connectivity index (χ0v) is 10.5. The van der Waals surface area contributed by atoms with E-state index < -0.39 is 0 Å². The fourth-order valence-corrected chi connectivity index (χ4v) is 2.72. The van der Waals surface area contributed by atoms with Gasteiger partial charge in [-0.05, 0) is 13.3 Å². The lowest BCUT2D eigenvalue weighted by Crippen LogP contribution is -2.46. The molecular formula is C11H19N3OS. The molecule has 2 heterocycles. The third-order valence-corrected chi connectivity index (χ3v) is 3.98. The minimum Gasteiger partial charge on any atom is -0.374 e. The molecule has 1 unspecified atom stereocenters. The zero-order valence-electron chi connectivity index (χ0n) is 9.69. The van der Waals surface area contributed by atoms with Crippen molar-refractivity contribution in [3.63, 3.8) is 0 Å². The minimum absolute atomic E-state index is 0.219. The second-order valence-corrected chi connectivity index (χ2v) is 5.08. The monoisotopic (exact) mass is 241 g/mol. The molecule has 16 heavy (non-hydrogen) atoms. The molecule has 0 amide bonds. The summed E-state index contributed by atoms with van der Waals surface area (Å²) in [4.78, 5) is 8.10. The fourth-order valence-electron chi connectivity index (χ4n) is 1.95. The average molecular weight is 241 g/mol. The average Bonchev–Trinajstić information content (AvgIpc) is 2.72. The van der Waals surface area contributed by atoms with E-state index in [1.807, 2.05) is 5.51 Å². The summed E-state index contributed by atoms with van der Waals surface area (Å²) in [5, 5.41) is 0. The second-order valence-electron chi connectivity index (χ2n) is 4.14. The van der Waals surface area contributed by atoms with Crippen LogP contribution in [-0.4, -0.2) is 48.8 Å². The summed E-state index contributed by atoms with van der Waals surface area (Å²) >= 11 is 1.75. The number of aryl methyl sites for hydroxylation is 1. The Hall–Kier alpha value is -0.490. The molecule has 2 N–H and O–H groups in total. The number of rotatable bonds is 4. The molecule has 1 aromatic heterocycles.